The van der Waals surface area contributed by atoms with Crippen molar-refractivity contribution in [2.24, 2.45) is 0 Å². The molecule has 1 rings (SSSR count). The van der Waals surface area contributed by atoms with E-state index in [2.05, 4.69) is 5.32 Å². The van der Waals surface area contributed by atoms with Crippen molar-refractivity contribution in [1.29, 1.82) is 0 Å². The summed E-state index contributed by atoms with van der Waals surface area (Å²) < 4.78 is 0. The minimum atomic E-state index is 0.625. The van der Waals surface area contributed by atoms with Crippen molar-refractivity contribution >= 4 is 0 Å². The molecule has 0 aliphatic carbocycles. The van der Waals surface area contributed by atoms with Gasteiger partial charge in [-0.25, -0.2) is 5.48 Å². The fourth-order valence-corrected chi connectivity index (χ4v) is 0. The second-order valence-corrected chi connectivity index (χ2v) is 1.26. The van der Waals surface area contributed by atoms with Crippen LogP contribution in [0.2, 0.25) is 0 Å². The van der Waals surface area contributed by atoms with Crippen LogP contribution in [-0.4, -0.2) is 24.8 Å². The van der Waals surface area contributed by atoms with Gasteiger partial charge in [-0.1, -0.05) is 6.92 Å². The minimum absolute atomic E-state index is 0.625. The van der Waals surface area contributed by atoms with E-state index >= 15 is 0 Å². The number of hydroxylamine groups is 1. The Hall–Kier alpha value is -0.120. The third kappa shape index (κ3) is 25.0. The van der Waals surface area contributed by atoms with Gasteiger partial charge in [-0.2, -0.15) is 0 Å². The highest BCUT2D eigenvalue weighted by atomic mass is 16.5. The molecule has 0 amide bonds. The average Bonchev–Trinajstić information content (AvgIpc) is 2.47. The van der Waals surface area contributed by atoms with Crippen LogP contribution in [0.15, 0.2) is 0 Å². The van der Waals surface area contributed by atoms with E-state index in [0.29, 0.717) is 6.54 Å². The van der Waals surface area contributed by atoms with Gasteiger partial charge in [-0.05, 0) is 0 Å². The number of nitrogens with one attached hydrogen (secondary N) is 2. The van der Waals surface area contributed by atoms with Crippen LogP contribution in [-0.2, 0) is 0 Å². The standard InChI is InChI=1S/C2H7NO.C2H5N/c1-2-3-4;1-2-3-1/h3-4H,2H2,1H3;3H,1-2H2. The van der Waals surface area contributed by atoms with Gasteiger partial charge in [0.2, 0.25) is 0 Å². The lowest BCUT2D eigenvalue weighted by Gasteiger charge is -1.75. The first-order valence-corrected chi connectivity index (χ1v) is 2.49. The Morgan fingerprint density at radius 3 is 2.00 bits per heavy atom. The van der Waals surface area contributed by atoms with Crippen LogP contribution in [0.4, 0.5) is 0 Å². The van der Waals surface area contributed by atoms with Crippen molar-refractivity contribution in [2.75, 3.05) is 19.6 Å². The van der Waals surface area contributed by atoms with E-state index in [0.717, 1.165) is 0 Å². The highest BCUT2D eigenvalue weighted by molar-refractivity contribution is 4.58. The first-order valence-electron chi connectivity index (χ1n) is 2.49. The Labute approximate surface area is 43.7 Å². The Kier molecular flexibility index (Phi) is 5.78. The van der Waals surface area contributed by atoms with Gasteiger partial charge in [0.25, 0.3) is 0 Å². The van der Waals surface area contributed by atoms with Crippen molar-refractivity contribution in [3.63, 3.8) is 0 Å². The first kappa shape index (κ1) is 6.88. The molecule has 0 radical (unpaired) electrons. The van der Waals surface area contributed by atoms with Gasteiger partial charge in [0.05, 0.1) is 0 Å². The van der Waals surface area contributed by atoms with Gasteiger partial charge in [0.15, 0.2) is 0 Å². The Morgan fingerprint density at radius 1 is 1.71 bits per heavy atom. The van der Waals surface area contributed by atoms with E-state index in [1.54, 1.807) is 0 Å². The Bertz CT molecular complexity index is 26.1. The number of rotatable bonds is 1. The van der Waals surface area contributed by atoms with E-state index in [9.17, 15) is 0 Å². The molecule has 3 nitrogen and oxygen atoms in total. The molecule has 3 N–H and O–H groups in total. The van der Waals surface area contributed by atoms with Crippen LogP contribution in [0.25, 0.3) is 0 Å². The Balaban J connectivity index is 0.000000105. The quantitative estimate of drug-likeness (QED) is 0.312. The molecule has 1 saturated heterocycles. The summed E-state index contributed by atoms with van der Waals surface area (Å²) in [5.74, 6) is 0. The van der Waals surface area contributed by atoms with Gasteiger partial charge in [-0.3, -0.25) is 0 Å². The van der Waals surface area contributed by atoms with Crippen molar-refractivity contribution in [3.05, 3.63) is 0 Å². The summed E-state index contributed by atoms with van der Waals surface area (Å²) in [5.41, 5.74) is 1.93. The lowest BCUT2D eigenvalue weighted by Crippen LogP contribution is -2.02. The molecule has 0 saturated carbocycles. The van der Waals surface area contributed by atoms with Crippen LogP contribution < -0.4 is 10.8 Å². The summed E-state index contributed by atoms with van der Waals surface area (Å²) in [6, 6.07) is 0. The molecule has 0 unspecified atom stereocenters. The van der Waals surface area contributed by atoms with E-state index in [4.69, 9.17) is 5.21 Å². The normalized spacial score (nSPS) is 14.6. The van der Waals surface area contributed by atoms with Crippen LogP contribution in [0.3, 0.4) is 0 Å². The maximum Gasteiger partial charge on any atom is 0.0179 e. The second kappa shape index (κ2) is 5.88. The molecule has 0 bridgehead atoms. The molecule has 0 atom stereocenters. The predicted molar refractivity (Wildman–Crippen MR) is 28.3 cm³/mol. The maximum absolute atomic E-state index is 7.62. The third-order valence-corrected chi connectivity index (χ3v) is 0.408. The smallest absolute Gasteiger partial charge is 0.0179 e. The van der Waals surface area contributed by atoms with E-state index in [1.807, 2.05) is 12.4 Å². The third-order valence-electron chi connectivity index (χ3n) is 0.408. The summed E-state index contributed by atoms with van der Waals surface area (Å²) in [5, 5.41) is 10.6. The fraction of sp³-hybridized carbons (Fsp3) is 1.00. The molecular formula is C4H12N2O. The molecule has 1 heterocycles. The second-order valence-electron chi connectivity index (χ2n) is 1.26. The summed E-state index contributed by atoms with van der Waals surface area (Å²) in [6.07, 6.45) is 0. The molecule has 1 fully saturated rings. The van der Waals surface area contributed by atoms with Gasteiger partial charge < -0.3 is 10.5 Å². The number of hydrogen-bond donors (Lipinski definition) is 3. The SMILES string of the molecule is C1CN1.CCNO. The molecule has 1 aliphatic heterocycles. The maximum atomic E-state index is 7.62. The van der Waals surface area contributed by atoms with E-state index in [-0.39, 0.29) is 0 Å². The zero-order valence-electron chi connectivity index (χ0n) is 4.57. The largest absolute Gasteiger partial charge is 0.317 e. The van der Waals surface area contributed by atoms with Gasteiger partial charge in [0, 0.05) is 19.6 Å². The van der Waals surface area contributed by atoms with Gasteiger partial charge >= 0.3 is 0 Å². The molecule has 0 aromatic heterocycles. The predicted octanol–water partition coefficient (Wildman–Crippen LogP) is -0.425. The average molecular weight is 104 g/mol. The molecule has 7 heavy (non-hydrogen) atoms. The minimum Gasteiger partial charge on any atom is -0.317 e. The topological polar surface area (TPSA) is 54.2 Å². The Morgan fingerprint density at radius 2 is 2.00 bits per heavy atom. The molecule has 44 valence electrons. The van der Waals surface area contributed by atoms with Crippen molar-refractivity contribution in [2.45, 2.75) is 6.92 Å². The monoisotopic (exact) mass is 104 g/mol. The van der Waals surface area contributed by atoms with Crippen LogP contribution in [0.5, 0.6) is 0 Å². The summed E-state index contributed by atoms with van der Waals surface area (Å²) in [4.78, 5) is 0. The van der Waals surface area contributed by atoms with Crippen LogP contribution >= 0.6 is 0 Å². The lowest BCUT2D eigenvalue weighted by molar-refractivity contribution is 0.173. The van der Waals surface area contributed by atoms with Gasteiger partial charge in [0.1, 0.15) is 0 Å². The van der Waals surface area contributed by atoms with Gasteiger partial charge in [-0.15, -0.1) is 0 Å². The van der Waals surface area contributed by atoms with Crippen molar-refractivity contribution < 1.29 is 5.21 Å². The zero-order valence-corrected chi connectivity index (χ0v) is 4.57. The molecule has 0 aromatic rings. The molecule has 0 spiro atoms. The molecule has 0 aromatic carbocycles. The van der Waals surface area contributed by atoms with Crippen molar-refractivity contribution in [3.8, 4) is 0 Å². The lowest BCUT2D eigenvalue weighted by atomic mass is 10.8. The van der Waals surface area contributed by atoms with Crippen LogP contribution in [0, 0.1) is 0 Å². The molecular weight excluding hydrogens is 92.1 g/mol. The highest BCUT2D eigenvalue weighted by Gasteiger charge is 1.91. The van der Waals surface area contributed by atoms with E-state index < -0.39 is 0 Å². The summed E-state index contributed by atoms with van der Waals surface area (Å²) in [7, 11) is 0. The number of hydrogen-bond acceptors (Lipinski definition) is 3. The van der Waals surface area contributed by atoms with E-state index in [1.165, 1.54) is 13.1 Å². The molecule has 3 heteroatoms. The first-order chi connectivity index (χ1) is 3.41. The molecule has 1 aliphatic rings. The highest BCUT2D eigenvalue weighted by Crippen LogP contribution is 1.65. The summed E-state index contributed by atoms with van der Waals surface area (Å²) >= 11 is 0. The zero-order chi connectivity index (χ0) is 5.54. The fourth-order valence-electron chi connectivity index (χ4n) is 0. The van der Waals surface area contributed by atoms with Crippen molar-refractivity contribution in [1.82, 2.24) is 10.8 Å². The van der Waals surface area contributed by atoms with Crippen LogP contribution in [0.1, 0.15) is 6.92 Å². The summed E-state index contributed by atoms with van der Waals surface area (Å²) in [6.45, 7) is 4.94.